The van der Waals surface area contributed by atoms with E-state index in [0.717, 1.165) is 12.0 Å². The van der Waals surface area contributed by atoms with E-state index in [1.807, 2.05) is 24.3 Å². The molecule has 2 unspecified atom stereocenters. The molecule has 2 atom stereocenters. The van der Waals surface area contributed by atoms with Crippen LogP contribution in [0.1, 0.15) is 44.7 Å². The molecule has 1 rings (SSSR count). The average Bonchev–Trinajstić information content (AvgIpc) is 2.37. The summed E-state index contributed by atoms with van der Waals surface area (Å²) in [6.45, 7) is 7.55. The fourth-order valence-corrected chi connectivity index (χ4v) is 2.01. The molecular weight excluding hydrogens is 254 g/mol. The maximum Gasteiger partial charge on any atom is 0.325 e. The fraction of sp³-hybridized carbons (Fsp3) is 0.500. The van der Waals surface area contributed by atoms with Crippen LogP contribution in [0.15, 0.2) is 24.3 Å². The zero-order chi connectivity index (χ0) is 15.3. The molecule has 0 radical (unpaired) electrons. The van der Waals surface area contributed by atoms with Crippen LogP contribution in [0, 0.1) is 5.92 Å². The van der Waals surface area contributed by atoms with Crippen LogP contribution in [-0.2, 0) is 16.0 Å². The largest absolute Gasteiger partial charge is 0.480 e. The van der Waals surface area contributed by atoms with Gasteiger partial charge in [-0.1, -0.05) is 38.1 Å². The molecule has 20 heavy (non-hydrogen) atoms. The molecule has 0 saturated carbocycles. The number of hydrogen-bond acceptors (Lipinski definition) is 2. The Balaban J connectivity index is 2.78. The van der Waals surface area contributed by atoms with Crippen LogP contribution in [0.25, 0.3) is 0 Å². The smallest absolute Gasteiger partial charge is 0.325 e. The first-order valence-electron chi connectivity index (χ1n) is 6.93. The minimum atomic E-state index is -1.03. The van der Waals surface area contributed by atoms with E-state index in [0.29, 0.717) is 5.92 Å². The first-order chi connectivity index (χ1) is 9.31. The highest BCUT2D eigenvalue weighted by Crippen LogP contribution is 2.18. The molecule has 0 saturated heterocycles. The van der Waals surface area contributed by atoms with Crippen molar-refractivity contribution in [2.24, 2.45) is 5.92 Å². The topological polar surface area (TPSA) is 66.4 Å². The minimum absolute atomic E-state index is 0.262. The molecule has 1 amide bonds. The van der Waals surface area contributed by atoms with Gasteiger partial charge in [-0.25, -0.2) is 0 Å². The van der Waals surface area contributed by atoms with Gasteiger partial charge in [0.25, 0.3) is 0 Å². The first-order valence-corrected chi connectivity index (χ1v) is 6.93. The molecule has 4 heteroatoms. The van der Waals surface area contributed by atoms with Gasteiger partial charge >= 0.3 is 5.97 Å². The third kappa shape index (κ3) is 4.68. The van der Waals surface area contributed by atoms with Gasteiger partial charge < -0.3 is 10.4 Å². The minimum Gasteiger partial charge on any atom is -0.480 e. The van der Waals surface area contributed by atoms with E-state index in [1.165, 1.54) is 12.5 Å². The standard InChI is InChI=1S/C16H23NO3/c1-10(2)8-13-6-5-7-14(9-13)11(3)15(18)17-12(4)16(19)20/h5-7,9-12H,8H2,1-4H3,(H,17,18)(H,19,20). The van der Waals surface area contributed by atoms with Crippen molar-refractivity contribution in [3.8, 4) is 0 Å². The summed E-state index contributed by atoms with van der Waals surface area (Å²) in [4.78, 5) is 22.8. The quantitative estimate of drug-likeness (QED) is 0.840. The molecule has 0 aromatic heterocycles. The monoisotopic (exact) mass is 277 g/mol. The molecule has 0 aliphatic carbocycles. The second kappa shape index (κ2) is 7.08. The Kier molecular flexibility index (Phi) is 5.74. The lowest BCUT2D eigenvalue weighted by Crippen LogP contribution is -2.40. The molecule has 0 fully saturated rings. The van der Waals surface area contributed by atoms with E-state index in [-0.39, 0.29) is 11.8 Å². The summed E-state index contributed by atoms with van der Waals surface area (Å²) in [7, 11) is 0. The van der Waals surface area contributed by atoms with Gasteiger partial charge in [-0.05, 0) is 37.3 Å². The molecule has 0 heterocycles. The Morgan fingerprint density at radius 3 is 2.40 bits per heavy atom. The molecule has 0 aliphatic rings. The fourth-order valence-electron chi connectivity index (χ4n) is 2.01. The van der Waals surface area contributed by atoms with Gasteiger partial charge in [0.15, 0.2) is 0 Å². The summed E-state index contributed by atoms with van der Waals surface area (Å²) in [6, 6.07) is 7.05. The number of amides is 1. The number of hydrogen-bond donors (Lipinski definition) is 2. The van der Waals surface area contributed by atoms with E-state index in [2.05, 4.69) is 19.2 Å². The van der Waals surface area contributed by atoms with Crippen LogP contribution < -0.4 is 5.32 Å². The number of carbonyl (C=O) groups excluding carboxylic acids is 1. The molecule has 1 aromatic rings. The zero-order valence-corrected chi connectivity index (χ0v) is 12.5. The zero-order valence-electron chi connectivity index (χ0n) is 12.5. The molecule has 4 nitrogen and oxygen atoms in total. The Bertz CT molecular complexity index is 482. The first kappa shape index (κ1) is 16.2. The van der Waals surface area contributed by atoms with Crippen molar-refractivity contribution in [2.75, 3.05) is 0 Å². The summed E-state index contributed by atoms with van der Waals surface area (Å²) in [5, 5.41) is 11.3. The van der Waals surface area contributed by atoms with E-state index in [4.69, 9.17) is 5.11 Å². The average molecular weight is 277 g/mol. The lowest BCUT2D eigenvalue weighted by Gasteiger charge is -2.16. The van der Waals surface area contributed by atoms with Gasteiger partial charge in [-0.3, -0.25) is 9.59 Å². The van der Waals surface area contributed by atoms with Gasteiger partial charge in [0.05, 0.1) is 5.92 Å². The Morgan fingerprint density at radius 2 is 1.85 bits per heavy atom. The number of carbonyl (C=O) groups is 2. The van der Waals surface area contributed by atoms with Crippen LogP contribution in [0.2, 0.25) is 0 Å². The molecule has 0 spiro atoms. The van der Waals surface area contributed by atoms with Crippen molar-refractivity contribution < 1.29 is 14.7 Å². The van der Waals surface area contributed by atoms with Gasteiger partial charge in [0.1, 0.15) is 6.04 Å². The number of carboxylic acids is 1. The van der Waals surface area contributed by atoms with Crippen molar-refractivity contribution in [2.45, 2.75) is 46.1 Å². The third-order valence-corrected chi connectivity index (χ3v) is 3.22. The van der Waals surface area contributed by atoms with Crippen LogP contribution >= 0.6 is 0 Å². The van der Waals surface area contributed by atoms with E-state index in [1.54, 1.807) is 6.92 Å². The number of nitrogens with one attached hydrogen (secondary N) is 1. The molecule has 110 valence electrons. The maximum absolute atomic E-state index is 12.0. The van der Waals surface area contributed by atoms with E-state index >= 15 is 0 Å². The molecule has 0 bridgehead atoms. The van der Waals surface area contributed by atoms with Crippen molar-refractivity contribution >= 4 is 11.9 Å². The van der Waals surface area contributed by atoms with E-state index in [9.17, 15) is 9.59 Å². The van der Waals surface area contributed by atoms with Crippen molar-refractivity contribution in [3.63, 3.8) is 0 Å². The predicted molar refractivity (Wildman–Crippen MR) is 78.6 cm³/mol. The lowest BCUT2D eigenvalue weighted by atomic mass is 9.95. The van der Waals surface area contributed by atoms with Gasteiger partial charge in [-0.2, -0.15) is 0 Å². The van der Waals surface area contributed by atoms with Crippen LogP contribution in [0.3, 0.4) is 0 Å². The van der Waals surface area contributed by atoms with Crippen LogP contribution in [-0.4, -0.2) is 23.0 Å². The maximum atomic E-state index is 12.0. The summed E-state index contributed by atoms with van der Waals surface area (Å²) < 4.78 is 0. The Labute approximate surface area is 120 Å². The number of carboxylic acid groups (broad SMARTS) is 1. The number of aliphatic carboxylic acids is 1. The molecule has 2 N–H and O–H groups in total. The highest BCUT2D eigenvalue weighted by molar-refractivity contribution is 5.87. The SMILES string of the molecule is CC(C)Cc1cccc(C(C)C(=O)NC(C)C(=O)O)c1. The third-order valence-electron chi connectivity index (χ3n) is 3.22. The van der Waals surface area contributed by atoms with Gasteiger partial charge in [-0.15, -0.1) is 0 Å². The number of rotatable bonds is 6. The lowest BCUT2D eigenvalue weighted by molar-refractivity contribution is -0.141. The van der Waals surface area contributed by atoms with E-state index < -0.39 is 12.0 Å². The normalized spacial score (nSPS) is 13.8. The Morgan fingerprint density at radius 1 is 1.20 bits per heavy atom. The van der Waals surface area contributed by atoms with Crippen LogP contribution in [0.5, 0.6) is 0 Å². The van der Waals surface area contributed by atoms with Crippen molar-refractivity contribution in [1.29, 1.82) is 0 Å². The summed E-state index contributed by atoms with van der Waals surface area (Å²) in [5.74, 6) is -1.09. The highest BCUT2D eigenvalue weighted by Gasteiger charge is 2.20. The predicted octanol–water partition coefficient (Wildman–Crippen LogP) is 2.58. The summed E-state index contributed by atoms with van der Waals surface area (Å²) in [6.07, 6.45) is 0.966. The second-order valence-electron chi connectivity index (χ2n) is 5.63. The van der Waals surface area contributed by atoms with Crippen LogP contribution in [0.4, 0.5) is 0 Å². The second-order valence-corrected chi connectivity index (χ2v) is 5.63. The Hall–Kier alpha value is -1.84. The summed E-state index contributed by atoms with van der Waals surface area (Å²) in [5.41, 5.74) is 2.11. The highest BCUT2D eigenvalue weighted by atomic mass is 16.4. The van der Waals surface area contributed by atoms with Gasteiger partial charge in [0, 0.05) is 0 Å². The number of benzene rings is 1. The molecular formula is C16H23NO3. The summed E-state index contributed by atoms with van der Waals surface area (Å²) >= 11 is 0. The van der Waals surface area contributed by atoms with Gasteiger partial charge in [0.2, 0.25) is 5.91 Å². The van der Waals surface area contributed by atoms with Crippen molar-refractivity contribution in [3.05, 3.63) is 35.4 Å². The molecule has 1 aromatic carbocycles. The molecule has 0 aliphatic heterocycles. The van der Waals surface area contributed by atoms with Crippen molar-refractivity contribution in [1.82, 2.24) is 5.32 Å².